The molecular formula is C16H34N2O. The molecule has 0 saturated heterocycles. The van der Waals surface area contributed by atoms with Crippen molar-refractivity contribution in [1.29, 1.82) is 0 Å². The largest absolute Gasteiger partial charge is 0.338 e. The SMILES string of the molecule is CCCCCCNC(=O)N(C)C(C)CCCCCC. The Morgan fingerprint density at radius 2 is 1.58 bits per heavy atom. The normalized spacial score (nSPS) is 12.2. The first-order valence-corrected chi connectivity index (χ1v) is 8.14. The minimum Gasteiger partial charge on any atom is -0.338 e. The van der Waals surface area contributed by atoms with Gasteiger partial charge < -0.3 is 10.2 Å². The van der Waals surface area contributed by atoms with Crippen molar-refractivity contribution in [3.63, 3.8) is 0 Å². The van der Waals surface area contributed by atoms with Crippen LogP contribution in [0, 0.1) is 0 Å². The number of carbonyl (C=O) groups excluding carboxylic acids is 1. The number of unbranched alkanes of at least 4 members (excludes halogenated alkanes) is 6. The lowest BCUT2D eigenvalue weighted by Crippen LogP contribution is -2.42. The monoisotopic (exact) mass is 270 g/mol. The first-order chi connectivity index (χ1) is 9.13. The van der Waals surface area contributed by atoms with Gasteiger partial charge in [-0.15, -0.1) is 0 Å². The van der Waals surface area contributed by atoms with Crippen molar-refractivity contribution in [3.8, 4) is 0 Å². The molecule has 0 radical (unpaired) electrons. The molecule has 0 bridgehead atoms. The fourth-order valence-corrected chi connectivity index (χ4v) is 2.13. The molecule has 0 aliphatic heterocycles. The Hall–Kier alpha value is -0.730. The lowest BCUT2D eigenvalue weighted by atomic mass is 10.1. The molecule has 1 atom stereocenters. The highest BCUT2D eigenvalue weighted by Gasteiger charge is 2.14. The third kappa shape index (κ3) is 9.80. The molecule has 0 aliphatic carbocycles. The van der Waals surface area contributed by atoms with Crippen molar-refractivity contribution in [2.24, 2.45) is 0 Å². The Morgan fingerprint density at radius 1 is 1.00 bits per heavy atom. The summed E-state index contributed by atoms with van der Waals surface area (Å²) in [4.78, 5) is 13.8. The van der Waals surface area contributed by atoms with Gasteiger partial charge in [0, 0.05) is 19.6 Å². The maximum absolute atomic E-state index is 11.9. The van der Waals surface area contributed by atoms with E-state index in [-0.39, 0.29) is 6.03 Å². The molecule has 3 heteroatoms. The molecule has 0 aromatic heterocycles. The van der Waals surface area contributed by atoms with Gasteiger partial charge in [0.05, 0.1) is 0 Å². The van der Waals surface area contributed by atoms with Crippen LogP contribution >= 0.6 is 0 Å². The highest BCUT2D eigenvalue weighted by atomic mass is 16.2. The van der Waals surface area contributed by atoms with Crippen LogP contribution in [-0.2, 0) is 0 Å². The van der Waals surface area contributed by atoms with E-state index in [0.717, 1.165) is 19.4 Å². The number of rotatable bonds is 11. The van der Waals surface area contributed by atoms with Gasteiger partial charge in [0.2, 0.25) is 0 Å². The number of nitrogens with one attached hydrogen (secondary N) is 1. The van der Waals surface area contributed by atoms with Crippen molar-refractivity contribution < 1.29 is 4.79 Å². The zero-order valence-electron chi connectivity index (χ0n) is 13.5. The predicted octanol–water partition coefficient (Wildman–Crippen LogP) is 4.57. The van der Waals surface area contributed by atoms with E-state index in [0.29, 0.717) is 6.04 Å². The minimum atomic E-state index is 0.0829. The van der Waals surface area contributed by atoms with Crippen LogP contribution in [0.15, 0.2) is 0 Å². The van der Waals surface area contributed by atoms with Crippen LogP contribution in [0.1, 0.15) is 78.6 Å². The van der Waals surface area contributed by atoms with E-state index in [4.69, 9.17) is 0 Å². The number of hydrogen-bond acceptors (Lipinski definition) is 1. The van der Waals surface area contributed by atoms with Crippen molar-refractivity contribution in [2.45, 2.75) is 84.6 Å². The molecule has 0 fully saturated rings. The third-order valence-electron chi connectivity index (χ3n) is 3.76. The Kier molecular flexibility index (Phi) is 11.8. The smallest absolute Gasteiger partial charge is 0.317 e. The second-order valence-corrected chi connectivity index (χ2v) is 5.60. The quantitative estimate of drug-likeness (QED) is 0.548. The van der Waals surface area contributed by atoms with E-state index in [1.807, 2.05) is 11.9 Å². The van der Waals surface area contributed by atoms with E-state index in [1.54, 1.807) is 0 Å². The lowest BCUT2D eigenvalue weighted by molar-refractivity contribution is 0.190. The zero-order chi connectivity index (χ0) is 14.5. The third-order valence-corrected chi connectivity index (χ3v) is 3.76. The lowest BCUT2D eigenvalue weighted by Gasteiger charge is -2.25. The first kappa shape index (κ1) is 18.3. The van der Waals surface area contributed by atoms with Gasteiger partial charge in [-0.2, -0.15) is 0 Å². The molecule has 114 valence electrons. The minimum absolute atomic E-state index is 0.0829. The molecule has 1 unspecified atom stereocenters. The molecule has 0 aliphatic rings. The van der Waals surface area contributed by atoms with Gasteiger partial charge in [0.25, 0.3) is 0 Å². The number of carbonyl (C=O) groups is 1. The maximum Gasteiger partial charge on any atom is 0.317 e. The van der Waals surface area contributed by atoms with E-state index < -0.39 is 0 Å². The highest BCUT2D eigenvalue weighted by Crippen LogP contribution is 2.09. The summed E-state index contributed by atoms with van der Waals surface area (Å²) in [5.41, 5.74) is 0. The van der Waals surface area contributed by atoms with Crippen LogP contribution in [-0.4, -0.2) is 30.6 Å². The average Bonchev–Trinajstić information content (AvgIpc) is 2.42. The van der Waals surface area contributed by atoms with Crippen LogP contribution in [0.3, 0.4) is 0 Å². The molecule has 0 spiro atoms. The van der Waals surface area contributed by atoms with E-state index in [9.17, 15) is 4.79 Å². The Bertz CT molecular complexity index is 219. The van der Waals surface area contributed by atoms with Crippen LogP contribution in [0.5, 0.6) is 0 Å². The first-order valence-electron chi connectivity index (χ1n) is 8.14. The average molecular weight is 270 g/mol. The molecule has 1 N–H and O–H groups in total. The second kappa shape index (κ2) is 12.3. The molecule has 2 amide bonds. The Morgan fingerprint density at radius 3 is 2.16 bits per heavy atom. The molecule has 3 nitrogen and oxygen atoms in total. The van der Waals surface area contributed by atoms with Crippen molar-refractivity contribution in [2.75, 3.05) is 13.6 Å². The molecular weight excluding hydrogens is 236 g/mol. The standard InChI is InChI=1S/C16H34N2O/c1-5-7-9-11-13-15(3)18(4)16(19)17-14-12-10-8-6-2/h15H,5-14H2,1-4H3,(H,17,19). The zero-order valence-corrected chi connectivity index (χ0v) is 13.5. The number of nitrogens with zero attached hydrogens (tertiary/aromatic N) is 1. The van der Waals surface area contributed by atoms with E-state index in [1.165, 1.54) is 44.9 Å². The van der Waals surface area contributed by atoms with Gasteiger partial charge in [-0.05, 0) is 19.8 Å². The molecule has 19 heavy (non-hydrogen) atoms. The van der Waals surface area contributed by atoms with Gasteiger partial charge in [-0.25, -0.2) is 4.79 Å². The Labute approximate surface area is 120 Å². The Balaban J connectivity index is 3.66. The van der Waals surface area contributed by atoms with Crippen molar-refractivity contribution in [1.82, 2.24) is 10.2 Å². The summed E-state index contributed by atoms with van der Waals surface area (Å²) in [5.74, 6) is 0. The van der Waals surface area contributed by atoms with Crippen LogP contribution in [0.25, 0.3) is 0 Å². The van der Waals surface area contributed by atoms with Crippen molar-refractivity contribution in [3.05, 3.63) is 0 Å². The van der Waals surface area contributed by atoms with Gasteiger partial charge in [-0.1, -0.05) is 58.8 Å². The van der Waals surface area contributed by atoms with Crippen LogP contribution < -0.4 is 5.32 Å². The summed E-state index contributed by atoms with van der Waals surface area (Å²) in [5, 5.41) is 3.01. The summed E-state index contributed by atoms with van der Waals surface area (Å²) in [6.07, 6.45) is 11.0. The summed E-state index contributed by atoms with van der Waals surface area (Å²) in [6.45, 7) is 7.38. The molecule has 0 aromatic rings. The fourth-order valence-electron chi connectivity index (χ4n) is 2.13. The summed E-state index contributed by atoms with van der Waals surface area (Å²) < 4.78 is 0. The molecule has 0 aromatic carbocycles. The second-order valence-electron chi connectivity index (χ2n) is 5.60. The maximum atomic E-state index is 11.9. The number of amides is 2. The van der Waals surface area contributed by atoms with Crippen molar-refractivity contribution >= 4 is 6.03 Å². The van der Waals surface area contributed by atoms with E-state index >= 15 is 0 Å². The molecule has 0 rings (SSSR count). The summed E-state index contributed by atoms with van der Waals surface area (Å²) in [7, 11) is 1.91. The summed E-state index contributed by atoms with van der Waals surface area (Å²) >= 11 is 0. The van der Waals surface area contributed by atoms with Gasteiger partial charge in [0.15, 0.2) is 0 Å². The van der Waals surface area contributed by atoms with Gasteiger partial charge >= 0.3 is 6.03 Å². The fraction of sp³-hybridized carbons (Fsp3) is 0.938. The molecule has 0 saturated carbocycles. The number of hydrogen-bond donors (Lipinski definition) is 1. The van der Waals surface area contributed by atoms with Gasteiger partial charge in [-0.3, -0.25) is 0 Å². The number of urea groups is 1. The topological polar surface area (TPSA) is 32.3 Å². The predicted molar refractivity (Wildman–Crippen MR) is 83.5 cm³/mol. The van der Waals surface area contributed by atoms with E-state index in [2.05, 4.69) is 26.1 Å². The highest BCUT2D eigenvalue weighted by molar-refractivity contribution is 5.74. The van der Waals surface area contributed by atoms with Crippen LogP contribution in [0.2, 0.25) is 0 Å². The van der Waals surface area contributed by atoms with Crippen LogP contribution in [0.4, 0.5) is 4.79 Å². The summed E-state index contributed by atoms with van der Waals surface area (Å²) in [6, 6.07) is 0.423. The van der Waals surface area contributed by atoms with Gasteiger partial charge in [0.1, 0.15) is 0 Å². The molecule has 0 heterocycles.